The van der Waals surface area contributed by atoms with Gasteiger partial charge in [0.05, 0.1) is 16.3 Å². The van der Waals surface area contributed by atoms with Crippen LogP contribution in [0.5, 0.6) is 0 Å². The number of hydrogen-bond donors (Lipinski definition) is 1. The van der Waals surface area contributed by atoms with Gasteiger partial charge in [0, 0.05) is 6.04 Å². The zero-order valence-corrected chi connectivity index (χ0v) is 10.7. The van der Waals surface area contributed by atoms with E-state index in [1.807, 2.05) is 0 Å². The quantitative estimate of drug-likeness (QED) is 0.844. The van der Waals surface area contributed by atoms with Crippen LogP contribution in [0.1, 0.15) is 23.2 Å². The predicted molar refractivity (Wildman–Crippen MR) is 69.3 cm³/mol. The average molecular weight is 279 g/mol. The van der Waals surface area contributed by atoms with Crippen LogP contribution in [0.25, 0.3) is 0 Å². The second-order valence-corrected chi connectivity index (χ2v) is 5.11. The van der Waals surface area contributed by atoms with Gasteiger partial charge in [-0.05, 0) is 25.0 Å². The van der Waals surface area contributed by atoms with Gasteiger partial charge in [-0.15, -0.1) is 0 Å². The Morgan fingerprint density at radius 1 is 1.37 bits per heavy atom. The van der Waals surface area contributed by atoms with Gasteiger partial charge in [-0.2, -0.15) is 0 Å². The van der Waals surface area contributed by atoms with Gasteiger partial charge in [0.2, 0.25) is 5.91 Å². The van der Waals surface area contributed by atoms with Crippen LogP contribution >= 0.6 is 11.6 Å². The van der Waals surface area contributed by atoms with E-state index < -0.39 is 11.7 Å². The summed E-state index contributed by atoms with van der Waals surface area (Å²) in [5.74, 6) is -1.58. The highest BCUT2D eigenvalue weighted by atomic mass is 35.5. The molecule has 6 heteroatoms. The summed E-state index contributed by atoms with van der Waals surface area (Å²) in [5.41, 5.74) is 0.599. The topological polar surface area (TPSA) is 66.5 Å². The first-order valence-electron chi connectivity index (χ1n) is 6.02. The van der Waals surface area contributed by atoms with Gasteiger partial charge in [-0.1, -0.05) is 17.7 Å². The lowest BCUT2D eigenvalue weighted by Crippen LogP contribution is -2.40. The number of hydrogen-bond acceptors (Lipinski definition) is 3. The number of carbonyl (C=O) groups excluding carboxylic acids is 3. The predicted octanol–water partition coefficient (Wildman–Crippen LogP) is 1.15. The maximum atomic E-state index is 11.9. The summed E-state index contributed by atoms with van der Waals surface area (Å²) in [7, 11) is 0. The van der Waals surface area contributed by atoms with E-state index in [0.717, 1.165) is 17.7 Å². The lowest BCUT2D eigenvalue weighted by molar-refractivity contribution is -0.122. The second-order valence-electron chi connectivity index (χ2n) is 4.70. The first-order valence-corrected chi connectivity index (χ1v) is 6.40. The fourth-order valence-corrected chi connectivity index (χ4v) is 2.38. The number of benzene rings is 1. The van der Waals surface area contributed by atoms with Crippen molar-refractivity contribution in [1.82, 2.24) is 5.32 Å². The Hall–Kier alpha value is -1.88. The fraction of sp³-hybridized carbons (Fsp3) is 0.308. The van der Waals surface area contributed by atoms with E-state index in [9.17, 15) is 14.4 Å². The molecule has 0 unspecified atom stereocenters. The summed E-state index contributed by atoms with van der Waals surface area (Å²) in [4.78, 5) is 36.6. The third-order valence-electron chi connectivity index (χ3n) is 3.18. The normalized spacial score (nSPS) is 17.6. The number of halogens is 1. The molecule has 1 fully saturated rings. The summed E-state index contributed by atoms with van der Waals surface area (Å²) in [6, 6.07) is 4.96. The standard InChI is InChI=1S/C13H11ClN2O3/c14-9-3-1-2-8-11(9)16(13(19)12(8)18)6-10(17)15-7-4-5-7/h1-3,7H,4-6H2,(H,15,17). The number of amides is 2. The van der Waals surface area contributed by atoms with Gasteiger partial charge >= 0.3 is 0 Å². The molecule has 2 aliphatic rings. The summed E-state index contributed by atoms with van der Waals surface area (Å²) in [6.07, 6.45) is 1.94. The molecular weight excluding hydrogens is 268 g/mol. The monoisotopic (exact) mass is 278 g/mol. The zero-order chi connectivity index (χ0) is 13.6. The molecule has 0 atom stereocenters. The van der Waals surface area contributed by atoms with Crippen molar-refractivity contribution in [3.05, 3.63) is 28.8 Å². The Kier molecular flexibility index (Phi) is 2.78. The van der Waals surface area contributed by atoms with Crippen molar-refractivity contribution < 1.29 is 14.4 Å². The van der Waals surface area contributed by atoms with Gasteiger partial charge in [-0.25, -0.2) is 0 Å². The molecule has 1 aromatic carbocycles. The number of fused-ring (bicyclic) bond motifs is 1. The minimum atomic E-state index is -0.700. The summed E-state index contributed by atoms with van der Waals surface area (Å²) >= 11 is 6.02. The number of Topliss-reactive ketones (excluding diaryl/α,β-unsaturated/α-hetero) is 1. The molecule has 1 aliphatic carbocycles. The highest BCUT2D eigenvalue weighted by molar-refractivity contribution is 6.54. The van der Waals surface area contributed by atoms with Crippen LogP contribution in [-0.2, 0) is 9.59 Å². The van der Waals surface area contributed by atoms with Gasteiger partial charge < -0.3 is 5.32 Å². The van der Waals surface area contributed by atoms with Crippen LogP contribution in [0.4, 0.5) is 5.69 Å². The third-order valence-corrected chi connectivity index (χ3v) is 3.49. The lowest BCUT2D eigenvalue weighted by atomic mass is 10.1. The molecule has 1 heterocycles. The minimum Gasteiger partial charge on any atom is -0.352 e. The van der Waals surface area contributed by atoms with E-state index in [4.69, 9.17) is 11.6 Å². The third kappa shape index (κ3) is 2.10. The summed E-state index contributed by atoms with van der Waals surface area (Å²) < 4.78 is 0. The second kappa shape index (κ2) is 4.35. The molecule has 1 saturated carbocycles. The molecule has 3 rings (SSSR count). The summed E-state index contributed by atoms with van der Waals surface area (Å²) in [6.45, 7) is -0.169. The summed E-state index contributed by atoms with van der Waals surface area (Å²) in [5, 5.41) is 3.08. The van der Waals surface area contributed by atoms with Crippen LogP contribution < -0.4 is 10.2 Å². The number of para-hydroxylation sites is 1. The van der Waals surface area contributed by atoms with Crippen LogP contribution in [-0.4, -0.2) is 30.2 Å². The Morgan fingerprint density at radius 3 is 2.79 bits per heavy atom. The van der Waals surface area contributed by atoms with Gasteiger partial charge in [0.15, 0.2) is 0 Å². The number of carbonyl (C=O) groups is 3. The SMILES string of the molecule is O=C(CN1C(=O)C(=O)c2cccc(Cl)c21)NC1CC1. The smallest absolute Gasteiger partial charge is 0.300 e. The minimum absolute atomic E-state index is 0.169. The molecule has 0 spiro atoms. The lowest BCUT2D eigenvalue weighted by Gasteiger charge is -2.17. The van der Waals surface area contributed by atoms with Crippen LogP contribution in [0.15, 0.2) is 18.2 Å². The van der Waals surface area contributed by atoms with Crippen molar-refractivity contribution in [2.24, 2.45) is 0 Å². The molecule has 2 amide bonds. The first-order chi connectivity index (χ1) is 9.08. The molecule has 19 heavy (non-hydrogen) atoms. The van der Waals surface area contributed by atoms with E-state index >= 15 is 0 Å². The maximum Gasteiger partial charge on any atom is 0.300 e. The van der Waals surface area contributed by atoms with E-state index in [0.29, 0.717) is 10.7 Å². The van der Waals surface area contributed by atoms with Crippen molar-refractivity contribution in [1.29, 1.82) is 0 Å². The molecule has 0 saturated heterocycles. The maximum absolute atomic E-state index is 11.9. The molecule has 1 aliphatic heterocycles. The van der Waals surface area contributed by atoms with Crippen LogP contribution in [0.3, 0.4) is 0 Å². The van der Waals surface area contributed by atoms with Crippen LogP contribution in [0.2, 0.25) is 5.02 Å². The van der Waals surface area contributed by atoms with Crippen molar-refractivity contribution >= 4 is 34.9 Å². The van der Waals surface area contributed by atoms with Crippen LogP contribution in [0, 0.1) is 0 Å². The molecular formula is C13H11ClN2O3. The molecule has 1 N–H and O–H groups in total. The van der Waals surface area contributed by atoms with Gasteiger partial charge in [0.1, 0.15) is 6.54 Å². The number of rotatable bonds is 3. The highest BCUT2D eigenvalue weighted by Crippen LogP contribution is 2.35. The molecule has 98 valence electrons. The van der Waals surface area contributed by atoms with E-state index in [2.05, 4.69) is 5.32 Å². The van der Waals surface area contributed by atoms with E-state index in [1.165, 1.54) is 0 Å². The number of nitrogens with zero attached hydrogens (tertiary/aromatic N) is 1. The average Bonchev–Trinajstić information content (AvgIpc) is 3.14. The Labute approximate surface area is 114 Å². The molecule has 0 aromatic heterocycles. The highest BCUT2D eigenvalue weighted by Gasteiger charge is 2.38. The fourth-order valence-electron chi connectivity index (χ4n) is 2.11. The Morgan fingerprint density at radius 2 is 2.11 bits per heavy atom. The number of nitrogens with one attached hydrogen (secondary N) is 1. The Balaban J connectivity index is 1.87. The Bertz CT molecular complexity index is 596. The molecule has 5 nitrogen and oxygen atoms in total. The molecule has 1 aromatic rings. The molecule has 0 bridgehead atoms. The van der Waals surface area contributed by atoms with E-state index in [1.54, 1.807) is 18.2 Å². The molecule has 0 radical (unpaired) electrons. The van der Waals surface area contributed by atoms with Gasteiger partial charge in [-0.3, -0.25) is 19.3 Å². The van der Waals surface area contributed by atoms with Crippen molar-refractivity contribution in [3.8, 4) is 0 Å². The first kappa shape index (κ1) is 12.2. The van der Waals surface area contributed by atoms with Crippen molar-refractivity contribution in [2.45, 2.75) is 18.9 Å². The number of ketones is 1. The largest absolute Gasteiger partial charge is 0.352 e. The zero-order valence-electron chi connectivity index (χ0n) is 9.98. The van der Waals surface area contributed by atoms with Crippen molar-refractivity contribution in [2.75, 3.05) is 11.4 Å². The van der Waals surface area contributed by atoms with Crippen molar-refractivity contribution in [3.63, 3.8) is 0 Å². The van der Waals surface area contributed by atoms with E-state index in [-0.39, 0.29) is 24.1 Å². The number of anilines is 1. The van der Waals surface area contributed by atoms with Gasteiger partial charge in [0.25, 0.3) is 11.7 Å².